The average molecular weight is 409 g/mol. The lowest BCUT2D eigenvalue weighted by Gasteiger charge is -2.35. The Morgan fingerprint density at radius 3 is 2.60 bits per heavy atom. The molecule has 2 aromatic carbocycles. The second kappa shape index (κ2) is 7.53. The number of piperazine rings is 1. The zero-order chi connectivity index (χ0) is 20.7. The number of hydrogen-bond acceptors (Lipinski definition) is 5. The molecular formula is C22H21F2N5O. The topological polar surface area (TPSA) is 68.3 Å². The Balaban J connectivity index is 1.29. The number of H-pyrrole nitrogens is 1. The van der Waals surface area contributed by atoms with Gasteiger partial charge >= 0.3 is 0 Å². The Bertz CT molecular complexity index is 1220. The second-order valence-electron chi connectivity index (χ2n) is 7.60. The van der Waals surface area contributed by atoms with E-state index in [9.17, 15) is 13.9 Å². The van der Waals surface area contributed by atoms with Crippen LogP contribution in [-0.4, -0.2) is 57.7 Å². The van der Waals surface area contributed by atoms with Gasteiger partial charge in [0.1, 0.15) is 23.1 Å². The summed E-state index contributed by atoms with van der Waals surface area (Å²) in [6.07, 6.45) is 2.24. The van der Waals surface area contributed by atoms with Crippen LogP contribution in [0.2, 0.25) is 0 Å². The third-order valence-corrected chi connectivity index (χ3v) is 5.72. The van der Waals surface area contributed by atoms with Gasteiger partial charge in [-0.3, -0.25) is 4.90 Å². The molecule has 4 aromatic rings. The number of halogens is 2. The van der Waals surface area contributed by atoms with Crippen LogP contribution in [0.3, 0.4) is 0 Å². The van der Waals surface area contributed by atoms with Crippen molar-refractivity contribution < 1.29 is 13.9 Å². The van der Waals surface area contributed by atoms with Crippen LogP contribution < -0.4 is 4.90 Å². The molecule has 6 nitrogen and oxygen atoms in total. The van der Waals surface area contributed by atoms with Crippen molar-refractivity contribution in [2.24, 2.45) is 0 Å². The van der Waals surface area contributed by atoms with E-state index in [1.165, 1.54) is 12.1 Å². The zero-order valence-electron chi connectivity index (χ0n) is 16.3. The van der Waals surface area contributed by atoms with Crippen LogP contribution in [0.1, 0.15) is 5.56 Å². The van der Waals surface area contributed by atoms with Gasteiger partial charge in [-0.15, -0.1) is 0 Å². The van der Waals surface area contributed by atoms with E-state index >= 15 is 0 Å². The number of anilines is 1. The van der Waals surface area contributed by atoms with E-state index in [2.05, 4.69) is 24.8 Å². The van der Waals surface area contributed by atoms with Gasteiger partial charge in [0.2, 0.25) is 0 Å². The molecule has 1 aliphatic rings. The van der Waals surface area contributed by atoms with Crippen molar-refractivity contribution in [3.63, 3.8) is 0 Å². The van der Waals surface area contributed by atoms with Gasteiger partial charge in [-0.25, -0.2) is 18.7 Å². The van der Waals surface area contributed by atoms with Crippen molar-refractivity contribution in [1.82, 2.24) is 19.9 Å². The fraction of sp³-hybridized carbons (Fsp3) is 0.273. The van der Waals surface area contributed by atoms with E-state index < -0.39 is 11.6 Å². The molecule has 1 fully saturated rings. The van der Waals surface area contributed by atoms with Crippen molar-refractivity contribution in [2.75, 3.05) is 37.6 Å². The Morgan fingerprint density at radius 2 is 1.80 bits per heavy atom. The summed E-state index contributed by atoms with van der Waals surface area (Å²) in [5.74, 6) is -0.540. The summed E-state index contributed by atoms with van der Waals surface area (Å²) in [5, 5.41) is 10.7. The number of aromatic amines is 1. The highest BCUT2D eigenvalue weighted by atomic mass is 19.2. The lowest BCUT2D eigenvalue weighted by Crippen LogP contribution is -2.47. The number of aromatic hydroxyl groups is 1. The van der Waals surface area contributed by atoms with Crippen LogP contribution in [0.25, 0.3) is 21.9 Å². The van der Waals surface area contributed by atoms with Gasteiger partial charge in [-0.2, -0.15) is 0 Å². The van der Waals surface area contributed by atoms with Crippen molar-refractivity contribution in [3.05, 3.63) is 59.9 Å². The molecular weight excluding hydrogens is 388 g/mol. The smallest absolute Gasteiger partial charge is 0.159 e. The Kier molecular flexibility index (Phi) is 4.71. The van der Waals surface area contributed by atoms with Crippen molar-refractivity contribution in [3.8, 4) is 5.75 Å². The monoisotopic (exact) mass is 409 g/mol. The molecule has 2 N–H and O–H groups in total. The molecule has 3 heterocycles. The molecule has 1 saturated heterocycles. The molecule has 2 aromatic heterocycles. The minimum Gasteiger partial charge on any atom is -0.508 e. The minimum absolute atomic E-state index is 0.207. The van der Waals surface area contributed by atoms with Gasteiger partial charge < -0.3 is 15.0 Å². The third kappa shape index (κ3) is 3.43. The van der Waals surface area contributed by atoms with Crippen LogP contribution in [-0.2, 0) is 6.42 Å². The number of benzene rings is 2. The number of nitrogens with zero attached hydrogens (tertiary/aromatic N) is 4. The average Bonchev–Trinajstić information content (AvgIpc) is 3.13. The highest BCUT2D eigenvalue weighted by molar-refractivity contribution is 6.08. The Labute approximate surface area is 171 Å². The maximum absolute atomic E-state index is 13.4. The number of phenolic OH excluding ortho intramolecular Hbond substituents is 1. The lowest BCUT2D eigenvalue weighted by atomic mass is 10.1. The van der Waals surface area contributed by atoms with Gasteiger partial charge in [0.25, 0.3) is 0 Å². The third-order valence-electron chi connectivity index (χ3n) is 5.72. The first-order valence-corrected chi connectivity index (χ1v) is 9.95. The number of nitrogens with one attached hydrogen (secondary N) is 1. The van der Waals surface area contributed by atoms with E-state index in [4.69, 9.17) is 0 Å². The number of hydrogen-bond donors (Lipinski definition) is 2. The van der Waals surface area contributed by atoms with Gasteiger partial charge in [0.05, 0.1) is 0 Å². The standard InChI is InChI=1S/C22H21F2N5O/c23-17-3-1-14(11-18(17)24)5-6-28-7-9-29(10-8-28)22-21-20(25-13-26-22)16-12-15(30)2-4-19(16)27-21/h1-4,11-13,27,30H,5-10H2. The molecule has 0 atom stereocenters. The molecule has 0 aliphatic carbocycles. The van der Waals surface area contributed by atoms with Crippen molar-refractivity contribution >= 4 is 27.8 Å². The molecule has 0 amide bonds. The molecule has 0 unspecified atom stereocenters. The number of fused-ring (bicyclic) bond motifs is 3. The van der Waals surface area contributed by atoms with Crippen LogP contribution in [0.15, 0.2) is 42.7 Å². The predicted octanol–water partition coefficient (Wildman–Crippen LogP) is 3.46. The van der Waals surface area contributed by atoms with Crippen LogP contribution >= 0.6 is 0 Å². The van der Waals surface area contributed by atoms with Crippen molar-refractivity contribution in [1.29, 1.82) is 0 Å². The van der Waals surface area contributed by atoms with Crippen LogP contribution in [0.4, 0.5) is 14.6 Å². The molecule has 30 heavy (non-hydrogen) atoms. The maximum atomic E-state index is 13.4. The highest BCUT2D eigenvalue weighted by Crippen LogP contribution is 2.31. The number of aromatic nitrogens is 3. The molecule has 0 radical (unpaired) electrons. The SMILES string of the molecule is Oc1ccc2[nH]c3c(N4CCN(CCc5ccc(F)c(F)c5)CC4)ncnc3c2c1. The highest BCUT2D eigenvalue weighted by Gasteiger charge is 2.21. The summed E-state index contributed by atoms with van der Waals surface area (Å²) in [4.78, 5) is 16.8. The molecule has 154 valence electrons. The van der Waals surface area contributed by atoms with E-state index in [1.807, 2.05) is 6.07 Å². The summed E-state index contributed by atoms with van der Waals surface area (Å²) in [5.41, 5.74) is 3.38. The molecule has 0 spiro atoms. The van der Waals surface area contributed by atoms with E-state index in [1.54, 1.807) is 24.5 Å². The minimum atomic E-state index is -0.810. The molecule has 0 bridgehead atoms. The fourth-order valence-electron chi connectivity index (χ4n) is 4.07. The van der Waals surface area contributed by atoms with Crippen LogP contribution in [0.5, 0.6) is 5.75 Å². The zero-order valence-corrected chi connectivity index (χ0v) is 16.3. The Hall–Kier alpha value is -3.26. The molecule has 0 saturated carbocycles. The summed E-state index contributed by atoms with van der Waals surface area (Å²) >= 11 is 0. The van der Waals surface area contributed by atoms with Crippen molar-refractivity contribution in [2.45, 2.75) is 6.42 Å². The van der Waals surface area contributed by atoms with E-state index in [0.29, 0.717) is 6.42 Å². The lowest BCUT2D eigenvalue weighted by molar-refractivity contribution is 0.260. The number of phenols is 1. The van der Waals surface area contributed by atoms with Gasteiger partial charge in [-0.1, -0.05) is 6.07 Å². The maximum Gasteiger partial charge on any atom is 0.159 e. The predicted molar refractivity (Wildman–Crippen MR) is 112 cm³/mol. The van der Waals surface area contributed by atoms with Gasteiger partial charge in [0, 0.05) is 43.6 Å². The fourth-order valence-corrected chi connectivity index (χ4v) is 4.07. The summed E-state index contributed by atoms with van der Waals surface area (Å²) in [6.45, 7) is 4.13. The summed E-state index contributed by atoms with van der Waals surface area (Å²) in [6, 6.07) is 9.30. The Morgan fingerprint density at radius 1 is 0.967 bits per heavy atom. The normalized spacial score (nSPS) is 15.3. The van der Waals surface area contributed by atoms with Crippen LogP contribution in [0, 0.1) is 11.6 Å². The molecule has 1 aliphatic heterocycles. The number of rotatable bonds is 4. The molecule has 5 rings (SSSR count). The van der Waals surface area contributed by atoms with Gasteiger partial charge in [-0.05, 0) is 42.3 Å². The first-order valence-electron chi connectivity index (χ1n) is 9.95. The van der Waals surface area contributed by atoms with E-state index in [0.717, 1.165) is 66.0 Å². The summed E-state index contributed by atoms with van der Waals surface area (Å²) in [7, 11) is 0. The summed E-state index contributed by atoms with van der Waals surface area (Å²) < 4.78 is 26.5. The first kappa shape index (κ1) is 18.7. The first-order chi connectivity index (χ1) is 14.6. The van der Waals surface area contributed by atoms with E-state index in [-0.39, 0.29) is 5.75 Å². The second-order valence-corrected chi connectivity index (χ2v) is 7.60. The largest absolute Gasteiger partial charge is 0.508 e. The van der Waals surface area contributed by atoms with Gasteiger partial charge in [0.15, 0.2) is 17.5 Å². The molecule has 8 heteroatoms. The quantitative estimate of drug-likeness (QED) is 0.540.